The molecule has 6 heteroatoms. The minimum Gasteiger partial charge on any atom is -0.467 e. The Kier molecular flexibility index (Phi) is 4.12. The molecule has 1 saturated carbocycles. The number of halogens is 1. The number of hydrogen-bond acceptors (Lipinski definition) is 3. The van der Waals surface area contributed by atoms with Gasteiger partial charge in [-0.25, -0.2) is 0 Å². The molecule has 2 atom stereocenters. The van der Waals surface area contributed by atoms with Crippen molar-refractivity contribution >= 4 is 33.2 Å². The van der Waals surface area contributed by atoms with Gasteiger partial charge >= 0.3 is 0 Å². The van der Waals surface area contributed by atoms with Gasteiger partial charge in [0.15, 0.2) is 5.96 Å². The highest BCUT2D eigenvalue weighted by Gasteiger charge is 2.40. The van der Waals surface area contributed by atoms with E-state index in [4.69, 9.17) is 4.42 Å². The zero-order valence-electron chi connectivity index (χ0n) is 11.1. The quantitative estimate of drug-likeness (QED) is 0.654. The first-order chi connectivity index (χ1) is 9.76. The summed E-state index contributed by atoms with van der Waals surface area (Å²) >= 11 is 5.32. The summed E-state index contributed by atoms with van der Waals surface area (Å²) in [6, 6.07) is 8.62. The van der Waals surface area contributed by atoms with E-state index in [1.807, 2.05) is 23.5 Å². The van der Waals surface area contributed by atoms with Crippen LogP contribution in [0.2, 0.25) is 0 Å². The zero-order valence-corrected chi connectivity index (χ0v) is 13.5. The van der Waals surface area contributed by atoms with Gasteiger partial charge in [0.2, 0.25) is 0 Å². The highest BCUT2D eigenvalue weighted by molar-refractivity contribution is 9.11. The van der Waals surface area contributed by atoms with Crippen molar-refractivity contribution in [1.29, 1.82) is 0 Å². The lowest BCUT2D eigenvalue weighted by atomic mass is 10.3. The number of nitrogens with one attached hydrogen (secondary N) is 2. The fourth-order valence-corrected chi connectivity index (χ4v) is 3.75. The fraction of sp³-hybridized carbons (Fsp3) is 0.357. The van der Waals surface area contributed by atoms with Gasteiger partial charge in [-0.1, -0.05) is 0 Å². The van der Waals surface area contributed by atoms with Crippen LogP contribution in [0.15, 0.2) is 43.7 Å². The standard InChI is InChI=1S/C14H16BrN3OS/c1-16-14(17-8-9-3-2-6-19-9)18-11-7-10(11)12-4-5-13(15)20-12/h2-6,10-11H,7-8H2,1H3,(H2,16,17,18)/t10-,11-/m1/s1. The first-order valence-corrected chi connectivity index (χ1v) is 8.12. The molecule has 0 aliphatic heterocycles. The normalized spacial score (nSPS) is 21.8. The fourth-order valence-electron chi connectivity index (χ4n) is 2.15. The van der Waals surface area contributed by atoms with Crippen molar-refractivity contribution in [3.8, 4) is 0 Å². The van der Waals surface area contributed by atoms with Crippen LogP contribution in [-0.2, 0) is 6.54 Å². The van der Waals surface area contributed by atoms with Gasteiger partial charge in [0.1, 0.15) is 5.76 Å². The third kappa shape index (κ3) is 3.24. The van der Waals surface area contributed by atoms with Crippen LogP contribution in [-0.4, -0.2) is 19.0 Å². The molecule has 1 fully saturated rings. The summed E-state index contributed by atoms with van der Waals surface area (Å²) in [5.74, 6) is 2.33. The molecule has 0 bridgehead atoms. The third-order valence-electron chi connectivity index (χ3n) is 3.31. The summed E-state index contributed by atoms with van der Waals surface area (Å²) in [6.07, 6.45) is 2.84. The Morgan fingerprint density at radius 2 is 2.40 bits per heavy atom. The van der Waals surface area contributed by atoms with Crippen LogP contribution in [0.3, 0.4) is 0 Å². The second-order valence-electron chi connectivity index (χ2n) is 4.74. The molecule has 20 heavy (non-hydrogen) atoms. The summed E-state index contributed by atoms with van der Waals surface area (Å²) in [4.78, 5) is 5.67. The maximum atomic E-state index is 5.29. The van der Waals surface area contributed by atoms with Gasteiger partial charge in [0.25, 0.3) is 0 Å². The minimum absolute atomic E-state index is 0.475. The van der Waals surface area contributed by atoms with E-state index in [-0.39, 0.29) is 0 Å². The van der Waals surface area contributed by atoms with Crippen molar-refractivity contribution in [3.63, 3.8) is 0 Å². The number of thiophene rings is 1. The number of furan rings is 1. The summed E-state index contributed by atoms with van der Waals surface area (Å²) in [5, 5.41) is 6.71. The molecule has 0 amide bonds. The molecule has 2 N–H and O–H groups in total. The van der Waals surface area contributed by atoms with Crippen LogP contribution in [0.1, 0.15) is 23.0 Å². The Morgan fingerprint density at radius 3 is 3.05 bits per heavy atom. The molecule has 1 aliphatic carbocycles. The number of aliphatic imine (C=N–C) groups is 1. The predicted octanol–water partition coefficient (Wildman–Crippen LogP) is 3.32. The second kappa shape index (κ2) is 6.01. The van der Waals surface area contributed by atoms with E-state index in [2.05, 4.69) is 43.7 Å². The van der Waals surface area contributed by atoms with E-state index in [0.717, 1.165) is 18.1 Å². The van der Waals surface area contributed by atoms with Gasteiger partial charge in [0.05, 0.1) is 16.6 Å². The van der Waals surface area contributed by atoms with Crippen molar-refractivity contribution in [2.24, 2.45) is 4.99 Å². The van der Waals surface area contributed by atoms with Crippen molar-refractivity contribution in [2.75, 3.05) is 7.05 Å². The van der Waals surface area contributed by atoms with Crippen LogP contribution in [0, 0.1) is 0 Å². The molecule has 0 radical (unpaired) electrons. The molecule has 106 valence electrons. The van der Waals surface area contributed by atoms with Crippen LogP contribution >= 0.6 is 27.3 Å². The predicted molar refractivity (Wildman–Crippen MR) is 85.2 cm³/mol. The van der Waals surface area contributed by atoms with Gasteiger partial charge in [0, 0.05) is 23.9 Å². The van der Waals surface area contributed by atoms with Crippen LogP contribution < -0.4 is 10.6 Å². The van der Waals surface area contributed by atoms with E-state index in [1.54, 1.807) is 13.3 Å². The van der Waals surface area contributed by atoms with Crippen LogP contribution in [0.25, 0.3) is 0 Å². The molecule has 1 aliphatic rings. The first-order valence-electron chi connectivity index (χ1n) is 6.51. The maximum Gasteiger partial charge on any atom is 0.191 e. The van der Waals surface area contributed by atoms with E-state index < -0.39 is 0 Å². The lowest BCUT2D eigenvalue weighted by molar-refractivity contribution is 0.501. The lowest BCUT2D eigenvalue weighted by Crippen LogP contribution is -2.38. The Labute approximate surface area is 130 Å². The zero-order chi connectivity index (χ0) is 13.9. The van der Waals surface area contributed by atoms with Gasteiger partial charge in [-0.05, 0) is 46.6 Å². The third-order valence-corrected chi connectivity index (χ3v) is 5.06. The summed E-state index contributed by atoms with van der Waals surface area (Å²) < 4.78 is 6.49. The Morgan fingerprint density at radius 1 is 1.50 bits per heavy atom. The maximum absolute atomic E-state index is 5.29. The van der Waals surface area contributed by atoms with E-state index in [0.29, 0.717) is 18.5 Å². The number of hydrogen-bond donors (Lipinski definition) is 2. The number of nitrogens with zero attached hydrogens (tertiary/aromatic N) is 1. The molecule has 0 unspecified atom stereocenters. The van der Waals surface area contributed by atoms with E-state index in [9.17, 15) is 0 Å². The van der Waals surface area contributed by atoms with Crippen molar-refractivity contribution in [2.45, 2.75) is 24.9 Å². The SMILES string of the molecule is CN=C(NCc1ccco1)N[C@@H]1C[C@H]1c1ccc(Br)s1. The second-order valence-corrected chi connectivity index (χ2v) is 7.23. The topological polar surface area (TPSA) is 49.6 Å². The Bertz CT molecular complexity index is 593. The summed E-state index contributed by atoms with van der Waals surface area (Å²) in [7, 11) is 1.79. The van der Waals surface area contributed by atoms with Crippen molar-refractivity contribution in [3.05, 3.63) is 45.0 Å². The van der Waals surface area contributed by atoms with Gasteiger partial charge in [-0.15, -0.1) is 11.3 Å². The average molecular weight is 354 g/mol. The smallest absolute Gasteiger partial charge is 0.191 e. The molecule has 0 spiro atoms. The molecular formula is C14H16BrN3OS. The molecule has 3 rings (SSSR count). The lowest BCUT2D eigenvalue weighted by Gasteiger charge is -2.10. The minimum atomic E-state index is 0.475. The van der Waals surface area contributed by atoms with E-state index in [1.165, 1.54) is 8.66 Å². The molecule has 0 aromatic carbocycles. The number of rotatable bonds is 4. The molecule has 0 saturated heterocycles. The van der Waals surface area contributed by atoms with E-state index >= 15 is 0 Å². The summed E-state index contributed by atoms with van der Waals surface area (Å²) in [6.45, 7) is 0.647. The Balaban J connectivity index is 1.50. The molecular weight excluding hydrogens is 338 g/mol. The van der Waals surface area contributed by atoms with Crippen molar-refractivity contribution < 1.29 is 4.42 Å². The molecule has 2 aromatic heterocycles. The monoisotopic (exact) mass is 353 g/mol. The van der Waals surface area contributed by atoms with Crippen LogP contribution in [0.5, 0.6) is 0 Å². The number of guanidine groups is 1. The van der Waals surface area contributed by atoms with Gasteiger partial charge in [-0.3, -0.25) is 4.99 Å². The van der Waals surface area contributed by atoms with Crippen LogP contribution in [0.4, 0.5) is 0 Å². The molecule has 4 nitrogen and oxygen atoms in total. The van der Waals surface area contributed by atoms with Gasteiger partial charge in [-0.2, -0.15) is 0 Å². The highest BCUT2D eigenvalue weighted by Crippen LogP contribution is 2.44. The van der Waals surface area contributed by atoms with Gasteiger partial charge < -0.3 is 15.1 Å². The first kappa shape index (κ1) is 13.7. The summed E-state index contributed by atoms with van der Waals surface area (Å²) in [5.41, 5.74) is 0. The molecule has 2 aromatic rings. The average Bonchev–Trinajstić information content (AvgIpc) is 2.86. The molecule has 2 heterocycles. The largest absolute Gasteiger partial charge is 0.467 e. The van der Waals surface area contributed by atoms with Crippen molar-refractivity contribution in [1.82, 2.24) is 10.6 Å². The highest BCUT2D eigenvalue weighted by atomic mass is 79.9. The Hall–Kier alpha value is -1.27.